The lowest BCUT2D eigenvalue weighted by Gasteiger charge is -2.33. The highest BCUT2D eigenvalue weighted by Crippen LogP contribution is 2.27. The predicted molar refractivity (Wildman–Crippen MR) is 111 cm³/mol. The molecule has 4 rings (SSSR count). The van der Waals surface area contributed by atoms with Crippen molar-refractivity contribution in [2.24, 2.45) is 4.99 Å². The van der Waals surface area contributed by atoms with Gasteiger partial charge in [-0.2, -0.15) is 0 Å². The Morgan fingerprint density at radius 1 is 1.17 bits per heavy atom. The van der Waals surface area contributed by atoms with E-state index in [1.807, 2.05) is 38.1 Å². The average molecular weight is 398 g/mol. The van der Waals surface area contributed by atoms with Crippen LogP contribution in [0.5, 0.6) is 5.75 Å². The zero-order valence-electron chi connectivity index (χ0n) is 17.3. The summed E-state index contributed by atoms with van der Waals surface area (Å²) in [7, 11) is 1.71. The molecule has 8 nitrogen and oxygen atoms in total. The number of carbonyl (C=O) groups is 2. The van der Waals surface area contributed by atoms with E-state index in [2.05, 4.69) is 9.48 Å². The van der Waals surface area contributed by atoms with E-state index in [1.54, 1.807) is 7.05 Å². The van der Waals surface area contributed by atoms with Crippen LogP contribution < -0.4 is 9.64 Å². The van der Waals surface area contributed by atoms with Gasteiger partial charge < -0.3 is 4.74 Å². The summed E-state index contributed by atoms with van der Waals surface area (Å²) in [5.74, 6) is 1.94. The summed E-state index contributed by atoms with van der Waals surface area (Å²) in [5, 5.41) is 0. The Morgan fingerprint density at radius 3 is 2.62 bits per heavy atom. The molecule has 0 N–H and O–H groups in total. The molecule has 1 fully saturated rings. The molecule has 0 aliphatic carbocycles. The quantitative estimate of drug-likeness (QED) is 0.713. The first-order chi connectivity index (χ1) is 14.1. The fourth-order valence-corrected chi connectivity index (χ4v) is 4.17. The molecule has 1 atom stereocenters. The van der Waals surface area contributed by atoms with Gasteiger partial charge in [-0.1, -0.05) is 11.9 Å². The third-order valence-electron chi connectivity index (χ3n) is 5.57. The zero-order chi connectivity index (χ0) is 20.5. The first-order valence-corrected chi connectivity index (χ1v) is 10.4. The summed E-state index contributed by atoms with van der Waals surface area (Å²) in [6, 6.07) is 7.12. The molecule has 0 bridgehead atoms. The van der Waals surface area contributed by atoms with Crippen LogP contribution in [-0.2, 0) is 4.79 Å². The van der Waals surface area contributed by atoms with Crippen LogP contribution in [0, 0.1) is 0 Å². The molecule has 3 amide bonds. The summed E-state index contributed by atoms with van der Waals surface area (Å²) in [6.07, 6.45) is 2.71. The van der Waals surface area contributed by atoms with E-state index in [0.717, 1.165) is 49.7 Å². The van der Waals surface area contributed by atoms with E-state index in [9.17, 15) is 9.59 Å². The second-order valence-electron chi connectivity index (χ2n) is 7.48. The first-order valence-electron chi connectivity index (χ1n) is 10.4. The van der Waals surface area contributed by atoms with Gasteiger partial charge in [0.15, 0.2) is 0 Å². The number of fused-ring (bicyclic) bond motifs is 2. The van der Waals surface area contributed by atoms with Crippen LogP contribution in [0.3, 0.4) is 0 Å². The number of carbonyl (C=O) groups excluding carboxylic acids is 2. The van der Waals surface area contributed by atoms with Crippen LogP contribution in [0.4, 0.5) is 10.5 Å². The van der Waals surface area contributed by atoms with Crippen LogP contribution in [0.15, 0.2) is 29.3 Å². The van der Waals surface area contributed by atoms with E-state index < -0.39 is 6.04 Å². The number of imide groups is 1. The van der Waals surface area contributed by atoms with Gasteiger partial charge in [0.25, 0.3) is 5.91 Å². The van der Waals surface area contributed by atoms with Gasteiger partial charge in [-0.25, -0.2) is 14.3 Å². The topological polar surface area (TPSA) is 68.5 Å². The number of amides is 3. The molecule has 3 heterocycles. The van der Waals surface area contributed by atoms with Crippen LogP contribution >= 0.6 is 0 Å². The first kappa shape index (κ1) is 19.4. The van der Waals surface area contributed by atoms with Crippen molar-refractivity contribution >= 4 is 29.4 Å². The van der Waals surface area contributed by atoms with E-state index >= 15 is 0 Å². The SMILES string of the molecule is CCCN1C(=O)C2C(=NC3=[N+]2CCCCN3c2ccc(OCC)cc2)N(C)C1=O. The predicted octanol–water partition coefficient (Wildman–Crippen LogP) is 2.14. The maximum Gasteiger partial charge on any atom is 0.397 e. The maximum atomic E-state index is 13.2. The number of benzene rings is 1. The summed E-state index contributed by atoms with van der Waals surface area (Å²) >= 11 is 0. The number of anilines is 1. The Kier molecular flexibility index (Phi) is 5.25. The number of aliphatic imine (C=N–C) groups is 1. The van der Waals surface area contributed by atoms with Gasteiger partial charge in [-0.3, -0.25) is 14.6 Å². The normalized spacial score (nSPS) is 21.8. The van der Waals surface area contributed by atoms with Crippen molar-refractivity contribution in [1.82, 2.24) is 9.80 Å². The number of nitrogens with zero attached hydrogens (tertiary/aromatic N) is 5. The van der Waals surface area contributed by atoms with Crippen molar-refractivity contribution in [3.63, 3.8) is 0 Å². The molecule has 1 aromatic carbocycles. The summed E-state index contributed by atoms with van der Waals surface area (Å²) < 4.78 is 7.62. The lowest BCUT2D eigenvalue weighted by molar-refractivity contribution is -0.535. The highest BCUT2D eigenvalue weighted by atomic mass is 16.5. The molecule has 154 valence electrons. The molecular weight excluding hydrogens is 370 g/mol. The molecule has 29 heavy (non-hydrogen) atoms. The van der Waals surface area contributed by atoms with Crippen LogP contribution in [0.1, 0.15) is 33.1 Å². The summed E-state index contributed by atoms with van der Waals surface area (Å²) in [6.45, 7) is 6.54. The molecule has 8 heteroatoms. The third kappa shape index (κ3) is 3.26. The second kappa shape index (κ2) is 7.85. The number of hydrogen-bond acceptors (Lipinski definition) is 5. The monoisotopic (exact) mass is 398 g/mol. The minimum atomic E-state index is -0.525. The van der Waals surface area contributed by atoms with Gasteiger partial charge in [0.2, 0.25) is 11.9 Å². The Morgan fingerprint density at radius 2 is 1.93 bits per heavy atom. The Bertz CT molecular complexity index is 877. The fourth-order valence-electron chi connectivity index (χ4n) is 4.17. The van der Waals surface area contributed by atoms with Crippen LogP contribution in [0.25, 0.3) is 0 Å². The molecular formula is C21H28N5O3+. The zero-order valence-corrected chi connectivity index (χ0v) is 17.3. The molecule has 0 aromatic heterocycles. The minimum Gasteiger partial charge on any atom is -0.494 e. The number of amidine groups is 1. The lowest BCUT2D eigenvalue weighted by Crippen LogP contribution is -2.62. The van der Waals surface area contributed by atoms with Gasteiger partial charge in [0.1, 0.15) is 11.4 Å². The molecule has 3 aliphatic heterocycles. The number of guanidine groups is 1. The molecule has 1 saturated heterocycles. The Balaban J connectivity index is 1.72. The van der Waals surface area contributed by atoms with E-state index in [1.165, 1.54) is 9.80 Å². The van der Waals surface area contributed by atoms with Gasteiger partial charge in [0.05, 0.1) is 19.7 Å². The van der Waals surface area contributed by atoms with E-state index in [4.69, 9.17) is 9.73 Å². The van der Waals surface area contributed by atoms with Gasteiger partial charge in [-0.05, 0) is 50.5 Å². The number of hydrogen-bond donors (Lipinski definition) is 0. The molecule has 3 aliphatic rings. The molecule has 0 radical (unpaired) electrons. The Labute approximate surface area is 171 Å². The number of urea groups is 1. The van der Waals surface area contributed by atoms with Crippen molar-refractivity contribution in [2.75, 3.05) is 38.2 Å². The van der Waals surface area contributed by atoms with Gasteiger partial charge in [-0.15, -0.1) is 0 Å². The highest BCUT2D eigenvalue weighted by molar-refractivity contribution is 6.24. The van der Waals surface area contributed by atoms with Crippen molar-refractivity contribution in [3.8, 4) is 5.75 Å². The molecule has 0 saturated carbocycles. The average Bonchev–Trinajstić information content (AvgIpc) is 2.98. The van der Waals surface area contributed by atoms with Crippen molar-refractivity contribution in [1.29, 1.82) is 0 Å². The van der Waals surface area contributed by atoms with Crippen molar-refractivity contribution in [3.05, 3.63) is 24.3 Å². The number of likely N-dealkylation sites (N-methyl/N-ethyl adjacent to an activating group) is 1. The molecule has 0 spiro atoms. The summed E-state index contributed by atoms with van der Waals surface area (Å²) in [5.41, 5.74) is 1.00. The summed E-state index contributed by atoms with van der Waals surface area (Å²) in [4.78, 5) is 35.7. The van der Waals surface area contributed by atoms with Crippen molar-refractivity contribution < 1.29 is 18.9 Å². The largest absolute Gasteiger partial charge is 0.494 e. The molecule has 1 unspecified atom stereocenters. The lowest BCUT2D eigenvalue weighted by atomic mass is 10.1. The smallest absolute Gasteiger partial charge is 0.397 e. The maximum absolute atomic E-state index is 13.2. The Hall–Kier alpha value is -2.90. The van der Waals surface area contributed by atoms with E-state index in [0.29, 0.717) is 19.0 Å². The number of ether oxygens (including phenoxy) is 1. The number of rotatable bonds is 5. The van der Waals surface area contributed by atoms with Gasteiger partial charge >= 0.3 is 12.0 Å². The molecule has 1 aromatic rings. The minimum absolute atomic E-state index is 0.169. The van der Waals surface area contributed by atoms with Crippen molar-refractivity contribution in [2.45, 2.75) is 39.2 Å². The van der Waals surface area contributed by atoms with Crippen LogP contribution in [-0.4, -0.2) is 77.4 Å². The fraction of sp³-hybridized carbons (Fsp3) is 0.524. The highest BCUT2D eigenvalue weighted by Gasteiger charge is 2.53. The second-order valence-corrected chi connectivity index (χ2v) is 7.48. The van der Waals surface area contributed by atoms with Gasteiger partial charge in [0, 0.05) is 13.6 Å². The third-order valence-corrected chi connectivity index (χ3v) is 5.57. The standard InChI is InChI=1S/C21H28N5O3/c1-4-12-26-19(27)17-18(23(3)21(26)28)22-20-24(13-6-7-14-25(17)20)15-8-10-16(11-9-15)29-5-2/h8-11,17H,4-7,12-14H2,1-3H3/q+1. The van der Waals surface area contributed by atoms with Crippen LogP contribution in [0.2, 0.25) is 0 Å². The van der Waals surface area contributed by atoms with E-state index in [-0.39, 0.29) is 11.9 Å².